The molecule has 1 aliphatic rings. The number of benzene rings is 2. The second kappa shape index (κ2) is 9.46. The first-order valence-electron chi connectivity index (χ1n) is 10.2. The van der Waals surface area contributed by atoms with Gasteiger partial charge in [-0.2, -0.15) is 13.2 Å². The molecule has 0 bridgehead atoms. The zero-order chi connectivity index (χ0) is 25.2. The summed E-state index contributed by atoms with van der Waals surface area (Å²) in [4.78, 5) is 40.4. The van der Waals surface area contributed by atoms with E-state index >= 15 is 0 Å². The van der Waals surface area contributed by atoms with Crippen LogP contribution in [0.1, 0.15) is 31.0 Å². The summed E-state index contributed by atoms with van der Waals surface area (Å²) in [5, 5.41) is 0. The van der Waals surface area contributed by atoms with E-state index in [1.807, 2.05) is 0 Å². The number of primary amides is 1. The first-order chi connectivity index (χ1) is 16.0. The van der Waals surface area contributed by atoms with E-state index in [9.17, 15) is 27.6 Å². The SMILES string of the molecule is CCOC(=O)C1=C(C)N(c2cccc(C(F)(F)F)c2)C(=O)N(CC(N)=O)C1c1ccc(N)cc1. The van der Waals surface area contributed by atoms with Crippen molar-refractivity contribution in [1.29, 1.82) is 0 Å². The van der Waals surface area contributed by atoms with Gasteiger partial charge in [0.15, 0.2) is 0 Å². The number of allylic oxidation sites excluding steroid dienone is 1. The lowest BCUT2D eigenvalue weighted by Gasteiger charge is -2.42. The van der Waals surface area contributed by atoms with Crippen molar-refractivity contribution >= 4 is 29.3 Å². The Morgan fingerprint density at radius 2 is 1.76 bits per heavy atom. The maximum Gasteiger partial charge on any atom is 0.416 e. The number of amides is 3. The molecule has 1 heterocycles. The number of halogens is 3. The molecule has 3 amide bonds. The lowest BCUT2D eigenvalue weighted by Crippen LogP contribution is -2.53. The molecule has 0 fully saturated rings. The second-order valence-electron chi connectivity index (χ2n) is 7.55. The molecule has 11 heteroatoms. The predicted octanol–water partition coefficient (Wildman–Crippen LogP) is 3.59. The number of esters is 1. The van der Waals surface area contributed by atoms with Crippen LogP contribution in [0.4, 0.5) is 29.3 Å². The molecular formula is C23H23F3N4O4. The van der Waals surface area contributed by atoms with Crippen molar-refractivity contribution < 1.29 is 32.3 Å². The van der Waals surface area contributed by atoms with Crippen molar-refractivity contribution in [2.24, 2.45) is 5.73 Å². The van der Waals surface area contributed by atoms with Gasteiger partial charge in [-0.05, 0) is 49.7 Å². The topological polar surface area (TPSA) is 119 Å². The number of nitrogens with two attached hydrogens (primary N) is 2. The molecule has 0 aromatic heterocycles. The maximum atomic E-state index is 13.6. The van der Waals surface area contributed by atoms with Crippen molar-refractivity contribution in [3.63, 3.8) is 0 Å². The second-order valence-corrected chi connectivity index (χ2v) is 7.55. The summed E-state index contributed by atoms with van der Waals surface area (Å²) in [7, 11) is 0. The minimum atomic E-state index is -4.66. The Morgan fingerprint density at radius 1 is 1.12 bits per heavy atom. The first-order valence-corrected chi connectivity index (χ1v) is 10.2. The van der Waals surface area contributed by atoms with E-state index in [1.165, 1.54) is 13.0 Å². The third kappa shape index (κ3) is 4.82. The summed E-state index contributed by atoms with van der Waals surface area (Å²) >= 11 is 0. The van der Waals surface area contributed by atoms with Gasteiger partial charge in [-0.15, -0.1) is 0 Å². The molecule has 1 unspecified atom stereocenters. The molecule has 2 aromatic carbocycles. The van der Waals surface area contributed by atoms with Crippen LogP contribution in [0, 0.1) is 0 Å². The molecule has 1 atom stereocenters. The fraction of sp³-hybridized carbons (Fsp3) is 0.261. The van der Waals surface area contributed by atoms with Gasteiger partial charge >= 0.3 is 18.2 Å². The van der Waals surface area contributed by atoms with Crippen LogP contribution in [0.15, 0.2) is 59.8 Å². The quantitative estimate of drug-likeness (QED) is 0.488. The smallest absolute Gasteiger partial charge is 0.416 e. The van der Waals surface area contributed by atoms with Crippen molar-refractivity contribution in [1.82, 2.24) is 4.90 Å². The highest BCUT2D eigenvalue weighted by molar-refractivity contribution is 6.04. The zero-order valence-corrected chi connectivity index (χ0v) is 18.4. The van der Waals surface area contributed by atoms with E-state index in [0.717, 1.165) is 28.0 Å². The highest BCUT2D eigenvalue weighted by Crippen LogP contribution is 2.41. The average Bonchev–Trinajstić information content (AvgIpc) is 2.75. The Balaban J connectivity index is 2.28. The number of nitrogen functional groups attached to an aromatic ring is 1. The Kier molecular flexibility index (Phi) is 6.85. The molecular weight excluding hydrogens is 453 g/mol. The molecule has 4 N–H and O–H groups in total. The number of anilines is 2. The molecule has 3 rings (SSSR count). The van der Waals surface area contributed by atoms with Crippen molar-refractivity contribution in [3.8, 4) is 0 Å². The molecule has 0 spiro atoms. The van der Waals surface area contributed by atoms with Gasteiger partial charge in [0.1, 0.15) is 6.54 Å². The van der Waals surface area contributed by atoms with E-state index in [4.69, 9.17) is 16.2 Å². The van der Waals surface area contributed by atoms with Gasteiger partial charge < -0.3 is 21.1 Å². The van der Waals surface area contributed by atoms with Crippen LogP contribution in [-0.2, 0) is 20.5 Å². The van der Waals surface area contributed by atoms with Crippen LogP contribution >= 0.6 is 0 Å². The van der Waals surface area contributed by atoms with Crippen LogP contribution in [0.25, 0.3) is 0 Å². The Bertz CT molecular complexity index is 1150. The van der Waals surface area contributed by atoms with Crippen LogP contribution in [0.3, 0.4) is 0 Å². The number of alkyl halides is 3. The minimum absolute atomic E-state index is 0.0113. The summed E-state index contributed by atoms with van der Waals surface area (Å²) in [6, 6.07) is 8.45. The van der Waals surface area contributed by atoms with E-state index in [2.05, 4.69) is 0 Å². The fourth-order valence-electron chi connectivity index (χ4n) is 3.80. The molecule has 0 saturated carbocycles. The van der Waals surface area contributed by atoms with Gasteiger partial charge in [0.05, 0.1) is 29.5 Å². The van der Waals surface area contributed by atoms with E-state index in [-0.39, 0.29) is 23.6 Å². The van der Waals surface area contributed by atoms with Gasteiger partial charge in [0, 0.05) is 11.4 Å². The molecule has 180 valence electrons. The molecule has 34 heavy (non-hydrogen) atoms. The molecule has 1 aliphatic heterocycles. The van der Waals surface area contributed by atoms with Crippen LogP contribution in [-0.4, -0.2) is 36.0 Å². The van der Waals surface area contributed by atoms with Gasteiger partial charge in [0.25, 0.3) is 0 Å². The predicted molar refractivity (Wildman–Crippen MR) is 118 cm³/mol. The standard InChI is InChI=1S/C23H23F3N4O4/c1-3-34-21(32)19-13(2)30(17-6-4-5-15(11-17)23(24,25)26)22(33)29(12-18(28)31)20(19)14-7-9-16(27)10-8-14/h4-11,20H,3,12,27H2,1-2H3,(H2,28,31). The van der Waals surface area contributed by atoms with Gasteiger partial charge in [-0.3, -0.25) is 9.69 Å². The normalized spacial score (nSPS) is 16.6. The lowest BCUT2D eigenvalue weighted by atomic mass is 9.92. The molecule has 8 nitrogen and oxygen atoms in total. The summed E-state index contributed by atoms with van der Waals surface area (Å²) < 4.78 is 45.2. The van der Waals surface area contributed by atoms with Gasteiger partial charge in [0.2, 0.25) is 5.91 Å². The molecule has 0 radical (unpaired) electrons. The number of hydrogen-bond acceptors (Lipinski definition) is 5. The number of carbonyl (C=O) groups is 3. The van der Waals surface area contributed by atoms with E-state index < -0.39 is 42.2 Å². The molecule has 2 aromatic rings. The number of nitrogens with zero attached hydrogens (tertiary/aromatic N) is 2. The van der Waals surface area contributed by atoms with E-state index in [0.29, 0.717) is 11.3 Å². The minimum Gasteiger partial charge on any atom is -0.463 e. The Labute approximate surface area is 193 Å². The van der Waals surface area contributed by atoms with Gasteiger partial charge in [-0.1, -0.05) is 18.2 Å². The number of rotatable bonds is 6. The Morgan fingerprint density at radius 3 is 2.32 bits per heavy atom. The summed E-state index contributed by atoms with van der Waals surface area (Å²) in [6.45, 7) is 2.43. The molecule has 0 saturated heterocycles. The monoisotopic (exact) mass is 476 g/mol. The summed E-state index contributed by atoms with van der Waals surface area (Å²) in [6.07, 6.45) is -4.66. The van der Waals surface area contributed by atoms with Crippen LogP contribution < -0.4 is 16.4 Å². The van der Waals surface area contributed by atoms with Gasteiger partial charge in [-0.25, -0.2) is 9.59 Å². The first kappa shape index (κ1) is 24.6. The lowest BCUT2D eigenvalue weighted by molar-refractivity contribution is -0.140. The average molecular weight is 476 g/mol. The number of ether oxygens (including phenoxy) is 1. The van der Waals surface area contributed by atoms with E-state index in [1.54, 1.807) is 31.2 Å². The number of hydrogen-bond donors (Lipinski definition) is 2. The zero-order valence-electron chi connectivity index (χ0n) is 18.4. The summed E-state index contributed by atoms with van der Waals surface area (Å²) in [5.41, 5.74) is 10.9. The Hall–Kier alpha value is -4.02. The highest BCUT2D eigenvalue weighted by Gasteiger charge is 2.44. The third-order valence-corrected chi connectivity index (χ3v) is 5.25. The molecule has 0 aliphatic carbocycles. The van der Waals surface area contributed by atoms with Crippen molar-refractivity contribution in [2.75, 3.05) is 23.8 Å². The largest absolute Gasteiger partial charge is 0.463 e. The third-order valence-electron chi connectivity index (χ3n) is 5.25. The fourth-order valence-corrected chi connectivity index (χ4v) is 3.80. The maximum absolute atomic E-state index is 13.6. The highest BCUT2D eigenvalue weighted by atomic mass is 19.4. The van der Waals surface area contributed by atoms with Crippen molar-refractivity contribution in [3.05, 3.63) is 70.9 Å². The number of urea groups is 1. The van der Waals surface area contributed by atoms with Crippen LogP contribution in [0.2, 0.25) is 0 Å². The summed E-state index contributed by atoms with van der Waals surface area (Å²) in [5.74, 6) is -1.67. The number of carbonyl (C=O) groups excluding carboxylic acids is 3. The van der Waals surface area contributed by atoms with Crippen LogP contribution in [0.5, 0.6) is 0 Å². The van der Waals surface area contributed by atoms with Crippen molar-refractivity contribution in [2.45, 2.75) is 26.1 Å².